The summed E-state index contributed by atoms with van der Waals surface area (Å²) < 4.78 is 2.58. The molecule has 0 saturated heterocycles. The summed E-state index contributed by atoms with van der Waals surface area (Å²) in [7, 11) is 0. The van der Waals surface area contributed by atoms with Crippen molar-refractivity contribution in [3.63, 3.8) is 0 Å². The number of nitrogens with zero attached hydrogens (tertiary/aromatic N) is 1. The molecule has 0 aromatic rings. The Morgan fingerprint density at radius 1 is 1.12 bits per heavy atom. The van der Waals surface area contributed by atoms with Crippen molar-refractivity contribution < 1.29 is 0 Å². The molecule has 0 atom stereocenters. The van der Waals surface area contributed by atoms with Crippen LogP contribution in [0.2, 0.25) is 11.5 Å². The molecule has 0 spiro atoms. The topological polar surface area (TPSA) is 3.24 Å². The Balaban J connectivity index is 3.35. The van der Waals surface area contributed by atoms with Gasteiger partial charge >= 0.3 is 56.9 Å². The van der Waals surface area contributed by atoms with Gasteiger partial charge in [0.2, 0.25) is 0 Å². The molecule has 0 saturated carbocycles. The average Bonchev–Trinajstić information content (AvgIpc) is 1.69. The Morgan fingerprint density at radius 3 is 1.50 bits per heavy atom. The van der Waals surface area contributed by atoms with Crippen molar-refractivity contribution in [1.29, 1.82) is 0 Å². The van der Waals surface area contributed by atoms with Gasteiger partial charge in [-0.2, -0.15) is 0 Å². The molecule has 1 radical (unpaired) electrons. The van der Waals surface area contributed by atoms with Crippen LogP contribution >= 0.6 is 0 Å². The van der Waals surface area contributed by atoms with E-state index in [4.69, 9.17) is 0 Å². The van der Waals surface area contributed by atoms with Gasteiger partial charge in [0.15, 0.2) is 0 Å². The fourth-order valence-corrected chi connectivity index (χ4v) is 3.51. The molecule has 0 heterocycles. The molecule has 0 bridgehead atoms. The summed E-state index contributed by atoms with van der Waals surface area (Å²) in [4.78, 5) is 0. The molecule has 0 unspecified atom stereocenters. The Labute approximate surface area is 57.4 Å². The second kappa shape index (κ2) is 4.39. The van der Waals surface area contributed by atoms with Crippen molar-refractivity contribution in [2.75, 3.05) is 13.1 Å². The standard InChI is InChI=1S/C6H16GeN/c1-5-8(6-2)7(3)4/h5-6H2,1-4H3. The molecule has 0 aromatic heterocycles. The fourth-order valence-electron chi connectivity index (χ4n) is 0.856. The van der Waals surface area contributed by atoms with E-state index in [1.807, 2.05) is 0 Å². The van der Waals surface area contributed by atoms with Crippen LogP contribution in [-0.2, 0) is 0 Å². The molecule has 1 nitrogen and oxygen atoms in total. The van der Waals surface area contributed by atoms with E-state index in [2.05, 4.69) is 29.2 Å². The molecule has 0 aromatic carbocycles. The second-order valence-electron chi connectivity index (χ2n) is 2.12. The Morgan fingerprint density at radius 2 is 1.50 bits per heavy atom. The van der Waals surface area contributed by atoms with Crippen LogP contribution < -0.4 is 0 Å². The molecule has 2 heteroatoms. The molecule has 49 valence electrons. The second-order valence-corrected chi connectivity index (χ2v) is 7.42. The minimum absolute atomic E-state index is 0.685. The third-order valence-corrected chi connectivity index (χ3v) is 5.38. The van der Waals surface area contributed by atoms with E-state index in [1.54, 1.807) is 0 Å². The van der Waals surface area contributed by atoms with Gasteiger partial charge in [-0.05, 0) is 0 Å². The van der Waals surface area contributed by atoms with Gasteiger partial charge in [-0.3, -0.25) is 0 Å². The zero-order chi connectivity index (χ0) is 6.57. The molecule has 0 rings (SSSR count). The van der Waals surface area contributed by atoms with Gasteiger partial charge in [0.1, 0.15) is 0 Å². The maximum absolute atomic E-state index is 2.58. The van der Waals surface area contributed by atoms with E-state index in [-0.39, 0.29) is 0 Å². The molecule has 0 N–H and O–H groups in total. The maximum atomic E-state index is 2.58. The first-order valence-electron chi connectivity index (χ1n) is 3.27. The van der Waals surface area contributed by atoms with E-state index in [0.717, 1.165) is 0 Å². The molecule has 8 heavy (non-hydrogen) atoms. The molecular weight excluding hydrogens is 159 g/mol. The van der Waals surface area contributed by atoms with Gasteiger partial charge < -0.3 is 0 Å². The first-order chi connectivity index (χ1) is 3.72. The SMILES string of the molecule is CC[N](CC)[Ge]([CH3])[CH3]. The van der Waals surface area contributed by atoms with Crippen molar-refractivity contribution in [2.45, 2.75) is 25.4 Å². The van der Waals surface area contributed by atoms with Crippen molar-refractivity contribution in [1.82, 2.24) is 3.86 Å². The van der Waals surface area contributed by atoms with Crippen LogP contribution in [0.15, 0.2) is 0 Å². The monoisotopic (exact) mass is 176 g/mol. The fraction of sp³-hybridized carbons (Fsp3) is 1.00. The van der Waals surface area contributed by atoms with E-state index in [0.29, 0.717) is 0 Å². The zero-order valence-electron chi connectivity index (χ0n) is 6.36. The summed E-state index contributed by atoms with van der Waals surface area (Å²) in [5.41, 5.74) is 0. The van der Waals surface area contributed by atoms with Gasteiger partial charge in [0.05, 0.1) is 0 Å². The van der Waals surface area contributed by atoms with Crippen LogP contribution in [0, 0.1) is 0 Å². The average molecular weight is 175 g/mol. The summed E-state index contributed by atoms with van der Waals surface area (Å²) in [5.74, 6) is 4.79. The summed E-state index contributed by atoms with van der Waals surface area (Å²) in [6.07, 6.45) is 0. The summed E-state index contributed by atoms with van der Waals surface area (Å²) >= 11 is -0.685. The molecule has 0 amide bonds. The first-order valence-corrected chi connectivity index (χ1v) is 8.40. The van der Waals surface area contributed by atoms with Crippen LogP contribution in [0.1, 0.15) is 13.8 Å². The molecule has 0 aliphatic carbocycles. The van der Waals surface area contributed by atoms with E-state index in [9.17, 15) is 0 Å². The van der Waals surface area contributed by atoms with Crippen LogP contribution in [0.25, 0.3) is 0 Å². The third kappa shape index (κ3) is 2.72. The molecule has 0 fully saturated rings. The van der Waals surface area contributed by atoms with Crippen LogP contribution in [0.5, 0.6) is 0 Å². The minimum atomic E-state index is -0.685. The van der Waals surface area contributed by atoms with Crippen LogP contribution in [0.4, 0.5) is 0 Å². The van der Waals surface area contributed by atoms with Crippen molar-refractivity contribution in [3.05, 3.63) is 0 Å². The predicted molar refractivity (Wildman–Crippen MR) is 40.4 cm³/mol. The molecule has 0 aliphatic rings. The third-order valence-electron chi connectivity index (χ3n) is 1.40. The molecule has 0 aliphatic heterocycles. The normalized spacial score (nSPS) is 11.2. The van der Waals surface area contributed by atoms with E-state index >= 15 is 0 Å². The van der Waals surface area contributed by atoms with E-state index < -0.39 is 14.6 Å². The zero-order valence-corrected chi connectivity index (χ0v) is 8.46. The van der Waals surface area contributed by atoms with Crippen LogP contribution in [0.3, 0.4) is 0 Å². The predicted octanol–water partition coefficient (Wildman–Crippen LogP) is 1.58. The van der Waals surface area contributed by atoms with Gasteiger partial charge in [0.25, 0.3) is 0 Å². The van der Waals surface area contributed by atoms with Gasteiger partial charge in [-0.1, -0.05) is 0 Å². The quantitative estimate of drug-likeness (QED) is 0.588. The van der Waals surface area contributed by atoms with Gasteiger partial charge in [-0.15, -0.1) is 0 Å². The Bertz CT molecular complexity index is 50.5. The summed E-state index contributed by atoms with van der Waals surface area (Å²) in [5, 5.41) is 0. The first kappa shape index (κ1) is 8.50. The van der Waals surface area contributed by atoms with Crippen molar-refractivity contribution >= 4 is 14.6 Å². The molecular formula is C6H16GeN. The van der Waals surface area contributed by atoms with Crippen molar-refractivity contribution in [3.8, 4) is 0 Å². The van der Waals surface area contributed by atoms with Crippen LogP contribution in [-0.4, -0.2) is 31.5 Å². The van der Waals surface area contributed by atoms with Gasteiger partial charge in [-0.25, -0.2) is 0 Å². The number of hydrogen-bond donors (Lipinski definition) is 0. The van der Waals surface area contributed by atoms with Crippen molar-refractivity contribution in [2.24, 2.45) is 0 Å². The summed E-state index contributed by atoms with van der Waals surface area (Å²) in [6, 6.07) is 0. The van der Waals surface area contributed by atoms with E-state index in [1.165, 1.54) is 13.1 Å². The number of hydrogen-bond acceptors (Lipinski definition) is 1. The summed E-state index contributed by atoms with van der Waals surface area (Å²) in [6.45, 7) is 6.98. The Hall–Kier alpha value is 0.503. The van der Waals surface area contributed by atoms with Gasteiger partial charge in [0, 0.05) is 0 Å². The Kier molecular flexibility index (Phi) is 4.66. The number of rotatable bonds is 3.